The third-order valence-corrected chi connectivity index (χ3v) is 6.20. The molecule has 188 valence electrons. The first-order valence-electron chi connectivity index (χ1n) is 12.2. The number of likely N-dealkylation sites (N-methyl/N-ethyl adjacent to an activating group) is 1. The Kier molecular flexibility index (Phi) is 19.5. The van der Waals surface area contributed by atoms with Crippen LogP contribution in [-0.4, -0.2) is 76.7 Å². The average molecular weight is 469 g/mol. The molecule has 0 spiro atoms. The summed E-state index contributed by atoms with van der Waals surface area (Å²) in [5.74, 6) is 0. The van der Waals surface area contributed by atoms with Crippen molar-refractivity contribution in [2.24, 2.45) is 0 Å². The third kappa shape index (κ3) is 23.0. The van der Waals surface area contributed by atoms with Gasteiger partial charge in [-0.05, 0) is 6.42 Å². The fourth-order valence-corrected chi connectivity index (χ4v) is 3.83. The fourth-order valence-electron chi connectivity index (χ4n) is 3.09. The van der Waals surface area contributed by atoms with Crippen LogP contribution in [0.15, 0.2) is 0 Å². The number of methoxy groups -OCH3 is 1. The van der Waals surface area contributed by atoms with Crippen LogP contribution in [0.4, 0.5) is 0 Å². The summed E-state index contributed by atoms with van der Waals surface area (Å²) in [4.78, 5) is 9.76. The lowest BCUT2D eigenvalue weighted by atomic mass is 10.1. The smallest absolute Gasteiger partial charge is 0.379 e. The summed E-state index contributed by atoms with van der Waals surface area (Å²) in [6.45, 7) is 4.01. The molecule has 8 heteroatoms. The van der Waals surface area contributed by atoms with Crippen LogP contribution in [0.2, 0.25) is 0 Å². The van der Waals surface area contributed by atoms with Gasteiger partial charge >= 0.3 is 7.82 Å². The predicted octanol–water partition coefficient (Wildman–Crippen LogP) is 5.56. The van der Waals surface area contributed by atoms with Crippen LogP contribution in [0, 0.1) is 0 Å². The first kappa shape index (κ1) is 31.0. The lowest BCUT2D eigenvalue weighted by Gasteiger charge is -2.24. The van der Waals surface area contributed by atoms with Gasteiger partial charge in [-0.3, -0.25) is 9.05 Å². The van der Waals surface area contributed by atoms with Crippen molar-refractivity contribution < 1.29 is 32.5 Å². The van der Waals surface area contributed by atoms with Crippen LogP contribution in [0.3, 0.4) is 0 Å². The van der Waals surface area contributed by atoms with Crippen molar-refractivity contribution in [2.75, 3.05) is 61.2 Å². The largest absolute Gasteiger partial charge is 0.472 e. The van der Waals surface area contributed by atoms with E-state index in [2.05, 4.69) is 6.92 Å². The molecular weight excluding hydrogens is 417 g/mol. The molecule has 0 saturated heterocycles. The molecule has 0 aliphatic carbocycles. The van der Waals surface area contributed by atoms with Gasteiger partial charge in [0.2, 0.25) is 0 Å². The Labute approximate surface area is 192 Å². The van der Waals surface area contributed by atoms with Gasteiger partial charge in [-0.1, -0.05) is 77.6 Å². The molecule has 0 aromatic rings. The maximum atomic E-state index is 11.9. The molecule has 31 heavy (non-hydrogen) atoms. The maximum Gasteiger partial charge on any atom is 0.472 e. The van der Waals surface area contributed by atoms with Crippen LogP contribution in [-0.2, 0) is 23.1 Å². The van der Waals surface area contributed by atoms with E-state index < -0.39 is 7.82 Å². The van der Waals surface area contributed by atoms with Gasteiger partial charge in [0, 0.05) is 13.7 Å². The highest BCUT2D eigenvalue weighted by Crippen LogP contribution is 2.43. The lowest BCUT2D eigenvalue weighted by Crippen LogP contribution is -2.37. The van der Waals surface area contributed by atoms with E-state index in [-0.39, 0.29) is 19.3 Å². The van der Waals surface area contributed by atoms with Gasteiger partial charge in [0.25, 0.3) is 0 Å². The van der Waals surface area contributed by atoms with Crippen LogP contribution in [0.5, 0.6) is 0 Å². The van der Waals surface area contributed by atoms with E-state index >= 15 is 0 Å². The molecule has 2 unspecified atom stereocenters. The highest BCUT2D eigenvalue weighted by atomic mass is 31.2. The molecule has 0 fully saturated rings. The zero-order valence-corrected chi connectivity index (χ0v) is 21.9. The third-order valence-electron chi connectivity index (χ3n) is 5.22. The van der Waals surface area contributed by atoms with Gasteiger partial charge in [0.15, 0.2) is 0 Å². The topological polar surface area (TPSA) is 74.2 Å². The summed E-state index contributed by atoms with van der Waals surface area (Å²) in [5.41, 5.74) is 0. The summed E-state index contributed by atoms with van der Waals surface area (Å²) in [7, 11) is 3.44. The number of phosphoric ester groups is 1. The van der Waals surface area contributed by atoms with Crippen LogP contribution in [0.1, 0.15) is 84.0 Å². The lowest BCUT2D eigenvalue weighted by molar-refractivity contribution is -0.870. The van der Waals surface area contributed by atoms with Crippen molar-refractivity contribution in [3.05, 3.63) is 0 Å². The zero-order valence-electron chi connectivity index (χ0n) is 21.0. The number of ether oxygens (including phenoxy) is 2. The first-order chi connectivity index (χ1) is 14.7. The van der Waals surface area contributed by atoms with E-state index in [4.69, 9.17) is 18.5 Å². The molecule has 7 nitrogen and oxygen atoms in total. The quantitative estimate of drug-likeness (QED) is 0.120. The molecule has 2 atom stereocenters. The fraction of sp³-hybridized carbons (Fsp3) is 1.00. The Morgan fingerprint density at radius 3 is 1.77 bits per heavy atom. The van der Waals surface area contributed by atoms with Crippen LogP contribution < -0.4 is 0 Å². The van der Waals surface area contributed by atoms with E-state index in [0.717, 1.165) is 6.42 Å². The number of phosphoric acid groups is 1. The van der Waals surface area contributed by atoms with Gasteiger partial charge in [0.05, 0.1) is 34.4 Å². The number of quaternary nitrogens is 1. The monoisotopic (exact) mass is 468 g/mol. The number of rotatable bonds is 23. The molecule has 1 N–H and O–H groups in total. The zero-order chi connectivity index (χ0) is 23.4. The maximum absolute atomic E-state index is 11.9. The van der Waals surface area contributed by atoms with Gasteiger partial charge in [-0.15, -0.1) is 0 Å². The van der Waals surface area contributed by atoms with Crippen molar-refractivity contribution in [3.8, 4) is 0 Å². The molecule has 0 radical (unpaired) electrons. The standard InChI is InChI=1S/C23H50NO6P/c1-6-7-8-9-10-11-12-13-14-15-16-17-19-28-21-23(27-5)22-30-31(25,26)29-20-18-24(2,3)4/h23H,6-22H2,1-5H3/p+1. The number of unbranched alkanes of at least 4 members (excludes halogenated alkanes) is 11. The van der Waals surface area contributed by atoms with E-state index in [9.17, 15) is 9.46 Å². The van der Waals surface area contributed by atoms with Gasteiger partial charge in [-0.25, -0.2) is 4.57 Å². The Hall–Kier alpha value is -0.0100. The van der Waals surface area contributed by atoms with Crippen molar-refractivity contribution >= 4 is 7.82 Å². The minimum absolute atomic E-state index is 0.0346. The molecule has 0 aliphatic heterocycles. The van der Waals surface area contributed by atoms with Crippen LogP contribution in [0.25, 0.3) is 0 Å². The second kappa shape index (κ2) is 19.5. The SMILES string of the molecule is CCCCCCCCCCCCCCOCC(COP(=O)(O)OCC[N+](C)(C)C)OC. The second-order valence-corrected chi connectivity index (χ2v) is 10.9. The van der Waals surface area contributed by atoms with E-state index in [1.165, 1.54) is 70.6 Å². The minimum atomic E-state index is -4.06. The first-order valence-corrected chi connectivity index (χ1v) is 13.7. The molecule has 0 bridgehead atoms. The number of hydrogen-bond acceptors (Lipinski definition) is 5. The highest BCUT2D eigenvalue weighted by Gasteiger charge is 2.24. The van der Waals surface area contributed by atoms with Crippen molar-refractivity contribution in [2.45, 2.75) is 90.1 Å². The Balaban J connectivity index is 3.59. The van der Waals surface area contributed by atoms with Gasteiger partial charge in [0.1, 0.15) is 19.3 Å². The Bertz CT molecular complexity index is 444. The summed E-state index contributed by atoms with van der Waals surface area (Å²) in [6, 6.07) is 0. The molecule has 0 saturated carbocycles. The summed E-state index contributed by atoms with van der Waals surface area (Å²) in [5, 5.41) is 0. The number of hydrogen-bond donors (Lipinski definition) is 1. The molecule has 0 aliphatic rings. The molecule has 0 amide bonds. The molecule has 0 aromatic heterocycles. The van der Waals surface area contributed by atoms with Crippen molar-refractivity contribution in [3.63, 3.8) is 0 Å². The summed E-state index contributed by atoms with van der Waals surface area (Å²) < 4.78 is 33.6. The molecule has 0 aromatic carbocycles. The average Bonchev–Trinajstić information content (AvgIpc) is 2.69. The number of nitrogens with zero attached hydrogens (tertiary/aromatic N) is 1. The van der Waals surface area contributed by atoms with E-state index in [1.54, 1.807) is 7.11 Å². The van der Waals surface area contributed by atoms with E-state index in [1.807, 2.05) is 21.1 Å². The van der Waals surface area contributed by atoms with Crippen molar-refractivity contribution in [1.82, 2.24) is 0 Å². The molecule has 0 rings (SSSR count). The van der Waals surface area contributed by atoms with E-state index in [0.29, 0.717) is 24.2 Å². The Morgan fingerprint density at radius 2 is 1.29 bits per heavy atom. The summed E-state index contributed by atoms with van der Waals surface area (Å²) in [6.07, 6.45) is 15.4. The van der Waals surface area contributed by atoms with Gasteiger partial charge in [-0.2, -0.15) is 0 Å². The van der Waals surface area contributed by atoms with Crippen LogP contribution >= 0.6 is 7.82 Å². The second-order valence-electron chi connectivity index (χ2n) is 9.43. The molecular formula is C23H51NO6P+. The summed E-state index contributed by atoms with van der Waals surface area (Å²) >= 11 is 0. The minimum Gasteiger partial charge on any atom is -0.379 e. The predicted molar refractivity (Wildman–Crippen MR) is 127 cm³/mol. The highest BCUT2D eigenvalue weighted by molar-refractivity contribution is 7.47. The van der Waals surface area contributed by atoms with Gasteiger partial charge < -0.3 is 18.9 Å². The molecule has 0 heterocycles. The van der Waals surface area contributed by atoms with Crippen molar-refractivity contribution in [1.29, 1.82) is 0 Å². The Morgan fingerprint density at radius 1 is 0.774 bits per heavy atom. The normalized spacial score (nSPS) is 15.2.